The number of halogens is 2. The number of aromatic nitrogens is 2. The van der Waals surface area contributed by atoms with Gasteiger partial charge in [-0.1, -0.05) is 35.3 Å². The average Bonchev–Trinajstić information content (AvgIpc) is 2.79. The van der Waals surface area contributed by atoms with Crippen molar-refractivity contribution in [2.45, 2.75) is 0 Å². The number of rotatable bonds is 4. The molecule has 0 saturated carbocycles. The van der Waals surface area contributed by atoms with Gasteiger partial charge in [-0.05, 0) is 30.3 Å². The molecule has 1 saturated heterocycles. The zero-order valence-electron chi connectivity index (χ0n) is 16.2. The van der Waals surface area contributed by atoms with E-state index in [0.29, 0.717) is 31.2 Å². The molecule has 158 valence electrons. The van der Waals surface area contributed by atoms with Crippen LogP contribution in [0.2, 0.25) is 10.0 Å². The quantitative estimate of drug-likeness (QED) is 0.427. The van der Waals surface area contributed by atoms with Gasteiger partial charge in [-0.25, -0.2) is 0 Å². The van der Waals surface area contributed by atoms with Crippen LogP contribution in [0.15, 0.2) is 54.6 Å². The molecule has 0 aliphatic carbocycles. The third-order valence-electron chi connectivity index (χ3n) is 5.07. The number of nitro groups is 1. The van der Waals surface area contributed by atoms with Gasteiger partial charge in [0.2, 0.25) is 0 Å². The second-order valence-corrected chi connectivity index (χ2v) is 7.83. The maximum Gasteiger partial charge on any atom is 0.270 e. The smallest absolute Gasteiger partial charge is 0.270 e. The summed E-state index contributed by atoms with van der Waals surface area (Å²) in [5.41, 5.74) is 1.64. The van der Waals surface area contributed by atoms with Gasteiger partial charge >= 0.3 is 0 Å². The van der Waals surface area contributed by atoms with Crippen molar-refractivity contribution in [2.75, 3.05) is 31.1 Å². The van der Waals surface area contributed by atoms with Gasteiger partial charge in [-0.15, -0.1) is 10.2 Å². The first-order valence-corrected chi connectivity index (χ1v) is 10.3. The second-order valence-electron chi connectivity index (χ2n) is 6.98. The van der Waals surface area contributed by atoms with Crippen LogP contribution in [0, 0.1) is 10.1 Å². The zero-order valence-corrected chi connectivity index (χ0v) is 17.8. The lowest BCUT2D eigenvalue weighted by molar-refractivity contribution is -0.384. The SMILES string of the molecule is O=C(c1cc([N+](=O)[O-])ccc1Cl)N1CCN(c2ccc(-c3ccc(Cl)cc3)nn2)CC1. The van der Waals surface area contributed by atoms with E-state index >= 15 is 0 Å². The number of hydrogen-bond acceptors (Lipinski definition) is 6. The van der Waals surface area contributed by atoms with E-state index in [9.17, 15) is 14.9 Å². The lowest BCUT2D eigenvalue weighted by Crippen LogP contribution is -2.49. The molecule has 1 fully saturated rings. The van der Waals surface area contributed by atoms with Crippen LogP contribution in [-0.4, -0.2) is 52.1 Å². The van der Waals surface area contributed by atoms with Crippen molar-refractivity contribution in [2.24, 2.45) is 0 Å². The van der Waals surface area contributed by atoms with Crippen LogP contribution in [-0.2, 0) is 0 Å². The lowest BCUT2D eigenvalue weighted by Gasteiger charge is -2.35. The van der Waals surface area contributed by atoms with Gasteiger partial charge in [0, 0.05) is 48.9 Å². The van der Waals surface area contributed by atoms with Gasteiger partial charge in [-0.2, -0.15) is 0 Å². The summed E-state index contributed by atoms with van der Waals surface area (Å²) in [7, 11) is 0. The van der Waals surface area contributed by atoms with Crippen molar-refractivity contribution in [3.05, 3.63) is 80.3 Å². The standard InChI is InChI=1S/C21H17Cl2N5O3/c22-15-3-1-14(2-4-15)19-7-8-20(25-24-19)26-9-11-27(12-10-26)21(29)17-13-16(28(30)31)5-6-18(17)23/h1-8,13H,9-12H2. The molecule has 31 heavy (non-hydrogen) atoms. The highest BCUT2D eigenvalue weighted by Crippen LogP contribution is 2.25. The Morgan fingerprint density at radius 2 is 1.65 bits per heavy atom. The monoisotopic (exact) mass is 457 g/mol. The van der Waals surface area contributed by atoms with E-state index in [2.05, 4.69) is 10.2 Å². The molecule has 2 heterocycles. The van der Waals surface area contributed by atoms with Crippen LogP contribution in [0.5, 0.6) is 0 Å². The maximum atomic E-state index is 12.8. The fourth-order valence-electron chi connectivity index (χ4n) is 3.37. The molecule has 0 radical (unpaired) electrons. The fraction of sp³-hybridized carbons (Fsp3) is 0.190. The molecular formula is C21H17Cl2N5O3. The average molecular weight is 458 g/mol. The van der Waals surface area contributed by atoms with E-state index in [4.69, 9.17) is 23.2 Å². The van der Waals surface area contributed by atoms with Crippen LogP contribution < -0.4 is 4.90 Å². The number of hydrogen-bond donors (Lipinski definition) is 0. The van der Waals surface area contributed by atoms with E-state index in [1.165, 1.54) is 18.2 Å². The number of piperazine rings is 1. The van der Waals surface area contributed by atoms with Crippen LogP contribution in [0.25, 0.3) is 11.3 Å². The van der Waals surface area contributed by atoms with Crippen molar-refractivity contribution in [3.8, 4) is 11.3 Å². The number of nitrogens with zero attached hydrogens (tertiary/aromatic N) is 5. The topological polar surface area (TPSA) is 92.5 Å². The Kier molecular flexibility index (Phi) is 6.01. The molecular weight excluding hydrogens is 441 g/mol. The molecule has 0 bridgehead atoms. The second kappa shape index (κ2) is 8.87. The Labute approximate surface area is 188 Å². The van der Waals surface area contributed by atoms with Crippen LogP contribution in [0.1, 0.15) is 10.4 Å². The predicted molar refractivity (Wildman–Crippen MR) is 119 cm³/mol. The number of carbonyl (C=O) groups excluding carboxylic acids is 1. The van der Waals surface area contributed by atoms with Gasteiger partial charge in [0.05, 0.1) is 21.2 Å². The molecule has 1 amide bonds. The van der Waals surface area contributed by atoms with E-state index < -0.39 is 4.92 Å². The summed E-state index contributed by atoms with van der Waals surface area (Å²) in [5.74, 6) is 0.399. The molecule has 2 aromatic carbocycles. The normalized spacial score (nSPS) is 13.9. The van der Waals surface area contributed by atoms with E-state index in [1.54, 1.807) is 17.0 Å². The van der Waals surface area contributed by atoms with Crippen molar-refractivity contribution >= 4 is 40.6 Å². The van der Waals surface area contributed by atoms with Crippen LogP contribution in [0.3, 0.4) is 0 Å². The third kappa shape index (κ3) is 4.60. The van der Waals surface area contributed by atoms with E-state index in [1.807, 2.05) is 29.2 Å². The fourth-order valence-corrected chi connectivity index (χ4v) is 3.69. The number of carbonyl (C=O) groups is 1. The summed E-state index contributed by atoms with van der Waals surface area (Å²) in [4.78, 5) is 27.0. The largest absolute Gasteiger partial charge is 0.352 e. The number of benzene rings is 2. The molecule has 1 aliphatic heterocycles. The molecule has 1 aliphatic rings. The summed E-state index contributed by atoms with van der Waals surface area (Å²) in [6.45, 7) is 2.01. The number of nitro benzene ring substituents is 1. The van der Waals surface area contributed by atoms with Crippen molar-refractivity contribution < 1.29 is 9.72 Å². The van der Waals surface area contributed by atoms with Crippen molar-refractivity contribution in [1.29, 1.82) is 0 Å². The molecule has 0 N–H and O–H groups in total. The first-order chi connectivity index (χ1) is 14.9. The highest BCUT2D eigenvalue weighted by atomic mass is 35.5. The molecule has 1 aromatic heterocycles. The summed E-state index contributed by atoms with van der Waals surface area (Å²) in [6.07, 6.45) is 0. The lowest BCUT2D eigenvalue weighted by atomic mass is 10.1. The number of anilines is 1. The van der Waals surface area contributed by atoms with E-state index in [-0.39, 0.29) is 22.2 Å². The first-order valence-electron chi connectivity index (χ1n) is 9.50. The Bertz CT molecular complexity index is 1110. The van der Waals surface area contributed by atoms with E-state index in [0.717, 1.165) is 17.1 Å². The maximum absolute atomic E-state index is 12.8. The number of non-ortho nitro benzene ring substituents is 1. The minimum atomic E-state index is -0.544. The van der Waals surface area contributed by atoms with Gasteiger partial charge in [0.1, 0.15) is 0 Å². The zero-order chi connectivity index (χ0) is 22.0. The molecule has 0 unspecified atom stereocenters. The first kappa shape index (κ1) is 21.0. The van der Waals surface area contributed by atoms with Gasteiger partial charge < -0.3 is 9.80 Å². The van der Waals surface area contributed by atoms with Crippen LogP contribution in [0.4, 0.5) is 11.5 Å². The summed E-state index contributed by atoms with van der Waals surface area (Å²) >= 11 is 12.0. The van der Waals surface area contributed by atoms with Gasteiger partial charge in [-0.3, -0.25) is 14.9 Å². The molecule has 10 heteroatoms. The summed E-state index contributed by atoms with van der Waals surface area (Å²) < 4.78 is 0. The van der Waals surface area contributed by atoms with Gasteiger partial charge in [0.15, 0.2) is 5.82 Å². The summed E-state index contributed by atoms with van der Waals surface area (Å²) in [5, 5.41) is 20.5. The Morgan fingerprint density at radius 3 is 2.26 bits per heavy atom. The Hall–Kier alpha value is -3.23. The minimum Gasteiger partial charge on any atom is -0.352 e. The molecule has 0 spiro atoms. The molecule has 0 atom stereocenters. The van der Waals surface area contributed by atoms with Crippen molar-refractivity contribution in [1.82, 2.24) is 15.1 Å². The molecule has 4 rings (SSSR count). The Morgan fingerprint density at radius 1 is 0.935 bits per heavy atom. The Balaban J connectivity index is 1.42. The third-order valence-corrected chi connectivity index (χ3v) is 5.65. The van der Waals surface area contributed by atoms with Crippen LogP contribution >= 0.6 is 23.2 Å². The van der Waals surface area contributed by atoms with Crippen molar-refractivity contribution in [3.63, 3.8) is 0 Å². The highest BCUT2D eigenvalue weighted by molar-refractivity contribution is 6.34. The predicted octanol–water partition coefficient (Wildman–Crippen LogP) is 4.32. The van der Waals surface area contributed by atoms with Gasteiger partial charge in [0.25, 0.3) is 11.6 Å². The highest BCUT2D eigenvalue weighted by Gasteiger charge is 2.26. The number of amides is 1. The molecule has 8 nitrogen and oxygen atoms in total. The molecule has 3 aromatic rings. The summed E-state index contributed by atoms with van der Waals surface area (Å²) in [6, 6.07) is 15.0. The minimum absolute atomic E-state index is 0.136.